The van der Waals surface area contributed by atoms with Crippen molar-refractivity contribution in [1.29, 1.82) is 0 Å². The third-order valence-corrected chi connectivity index (χ3v) is 6.44. The molecule has 0 unspecified atom stereocenters. The van der Waals surface area contributed by atoms with Crippen LogP contribution >= 0.6 is 11.3 Å². The summed E-state index contributed by atoms with van der Waals surface area (Å²) < 4.78 is 1.84. The van der Waals surface area contributed by atoms with Crippen LogP contribution in [0.1, 0.15) is 40.1 Å². The Hall–Kier alpha value is -3.11. The molecule has 0 aromatic carbocycles. The lowest BCUT2D eigenvalue weighted by Crippen LogP contribution is -2.31. The number of Topliss-reactive ketones (excluding diaryl/α,β-unsaturated/α-hetero) is 1. The van der Waals surface area contributed by atoms with E-state index in [2.05, 4.69) is 37.4 Å². The summed E-state index contributed by atoms with van der Waals surface area (Å²) in [5.41, 5.74) is 2.58. The van der Waals surface area contributed by atoms with Crippen LogP contribution in [-0.4, -0.2) is 66.0 Å². The average molecular weight is 435 g/mol. The quantitative estimate of drug-likeness (QED) is 0.442. The molecule has 10 heteroatoms. The maximum atomic E-state index is 12.8. The van der Waals surface area contributed by atoms with Crippen molar-refractivity contribution in [2.75, 3.05) is 20.1 Å². The molecule has 0 aliphatic carbocycles. The molecule has 5 heterocycles. The van der Waals surface area contributed by atoms with Crippen LogP contribution in [0.5, 0.6) is 0 Å². The molecule has 31 heavy (non-hydrogen) atoms. The van der Waals surface area contributed by atoms with Crippen LogP contribution in [0.4, 0.5) is 0 Å². The molecule has 0 atom stereocenters. The molecule has 1 aliphatic heterocycles. The Morgan fingerprint density at radius 2 is 2.03 bits per heavy atom. The highest BCUT2D eigenvalue weighted by atomic mass is 32.1. The van der Waals surface area contributed by atoms with Crippen molar-refractivity contribution < 1.29 is 4.79 Å². The van der Waals surface area contributed by atoms with Crippen LogP contribution in [-0.2, 0) is 6.42 Å². The second kappa shape index (κ2) is 8.20. The van der Waals surface area contributed by atoms with E-state index in [-0.39, 0.29) is 12.2 Å². The van der Waals surface area contributed by atoms with E-state index in [4.69, 9.17) is 4.98 Å². The number of hydrogen-bond donors (Lipinski definition) is 0. The van der Waals surface area contributed by atoms with Crippen LogP contribution < -0.4 is 0 Å². The highest BCUT2D eigenvalue weighted by Crippen LogP contribution is 2.24. The fraction of sp³-hybridized carbons (Fsp3) is 0.381. The van der Waals surface area contributed by atoms with Crippen molar-refractivity contribution in [1.82, 2.24) is 40.1 Å². The summed E-state index contributed by atoms with van der Waals surface area (Å²) in [5.74, 6) is -0.0954. The average Bonchev–Trinajstić information content (AvgIpc) is 3.43. The van der Waals surface area contributed by atoms with Crippen LogP contribution in [0.3, 0.4) is 0 Å². The first-order valence-electron chi connectivity index (χ1n) is 10.2. The minimum atomic E-state index is -0.0954. The Kier molecular flexibility index (Phi) is 5.24. The van der Waals surface area contributed by atoms with Crippen LogP contribution in [0.2, 0.25) is 0 Å². The molecule has 4 aromatic heterocycles. The van der Waals surface area contributed by atoms with Gasteiger partial charge in [0.05, 0.1) is 29.9 Å². The summed E-state index contributed by atoms with van der Waals surface area (Å²) in [6.45, 7) is 3.97. The monoisotopic (exact) mass is 434 g/mol. The van der Waals surface area contributed by atoms with E-state index in [1.54, 1.807) is 12.4 Å². The summed E-state index contributed by atoms with van der Waals surface area (Å²) in [7, 11) is 2.12. The van der Waals surface area contributed by atoms with E-state index < -0.39 is 0 Å². The second-order valence-corrected chi connectivity index (χ2v) is 9.09. The minimum Gasteiger partial charge on any atom is -0.306 e. The topological polar surface area (TPSA) is 103 Å². The third-order valence-electron chi connectivity index (χ3n) is 5.58. The first-order chi connectivity index (χ1) is 15.0. The molecule has 1 fully saturated rings. The van der Waals surface area contributed by atoms with Gasteiger partial charge in [-0.1, -0.05) is 16.6 Å². The molecule has 158 valence electrons. The molecule has 0 N–H and O–H groups in total. The Morgan fingerprint density at radius 3 is 2.81 bits per heavy atom. The number of carbonyl (C=O) groups is 1. The fourth-order valence-corrected chi connectivity index (χ4v) is 4.43. The maximum Gasteiger partial charge on any atom is 0.190 e. The molecule has 5 rings (SSSR count). The van der Waals surface area contributed by atoms with Crippen molar-refractivity contribution in [2.45, 2.75) is 32.2 Å². The molecule has 0 amide bonds. The summed E-state index contributed by atoms with van der Waals surface area (Å²) in [5, 5.41) is 19.1. The molecular weight excluding hydrogens is 412 g/mol. The number of likely N-dealkylation sites (tertiary alicyclic amines) is 1. The smallest absolute Gasteiger partial charge is 0.190 e. The first kappa shape index (κ1) is 19.8. The maximum absolute atomic E-state index is 12.8. The van der Waals surface area contributed by atoms with Gasteiger partial charge in [0.1, 0.15) is 16.4 Å². The molecule has 0 bridgehead atoms. The van der Waals surface area contributed by atoms with Gasteiger partial charge in [-0.2, -0.15) is 0 Å². The molecule has 0 radical (unpaired) electrons. The number of nitrogens with zero attached hydrogens (tertiary/aromatic N) is 8. The lowest BCUT2D eigenvalue weighted by Gasteiger charge is -2.28. The van der Waals surface area contributed by atoms with Crippen LogP contribution in [0.15, 0.2) is 30.6 Å². The molecule has 9 nitrogen and oxygen atoms in total. The summed E-state index contributed by atoms with van der Waals surface area (Å²) in [6, 6.07) is 6.03. The Morgan fingerprint density at radius 1 is 1.19 bits per heavy atom. The van der Waals surface area contributed by atoms with E-state index in [0.29, 0.717) is 17.4 Å². The van der Waals surface area contributed by atoms with E-state index in [0.717, 1.165) is 52.5 Å². The summed E-state index contributed by atoms with van der Waals surface area (Å²) >= 11 is 1.50. The van der Waals surface area contributed by atoms with Gasteiger partial charge in [0, 0.05) is 11.6 Å². The molecule has 0 saturated carbocycles. The molecule has 1 saturated heterocycles. The number of aromatic nitrogens is 7. The summed E-state index contributed by atoms with van der Waals surface area (Å²) in [6.07, 6.45) is 5.71. The fourth-order valence-electron chi connectivity index (χ4n) is 3.77. The zero-order valence-corrected chi connectivity index (χ0v) is 18.2. The number of piperidine rings is 1. The molecule has 0 spiro atoms. The van der Waals surface area contributed by atoms with Gasteiger partial charge in [0.15, 0.2) is 10.8 Å². The minimum absolute atomic E-state index is 0.0954. The highest BCUT2D eigenvalue weighted by molar-refractivity contribution is 7.14. The van der Waals surface area contributed by atoms with Gasteiger partial charge in [-0.3, -0.25) is 9.78 Å². The number of rotatable bonds is 5. The van der Waals surface area contributed by atoms with Crippen LogP contribution in [0.25, 0.3) is 21.6 Å². The normalized spacial score (nSPS) is 15.5. The van der Waals surface area contributed by atoms with Gasteiger partial charge < -0.3 is 4.90 Å². The number of carbonyl (C=O) groups excluding carboxylic acids is 1. The largest absolute Gasteiger partial charge is 0.306 e. The third kappa shape index (κ3) is 4.21. The number of fused-ring (bicyclic) bond motifs is 1. The van der Waals surface area contributed by atoms with E-state index in [1.807, 2.05) is 29.8 Å². The molecule has 1 aliphatic rings. The van der Waals surface area contributed by atoms with Crippen molar-refractivity contribution in [3.8, 4) is 10.7 Å². The Labute approximate surface area is 183 Å². The predicted molar refractivity (Wildman–Crippen MR) is 117 cm³/mol. The SMILES string of the molecule is Cc1nnc(-c2ccc3cnc(CC(=O)c4cn(C5CCN(C)CC5)nn4)cc3n2)s1. The summed E-state index contributed by atoms with van der Waals surface area (Å²) in [4.78, 5) is 24.2. The highest BCUT2D eigenvalue weighted by Gasteiger charge is 2.21. The van der Waals surface area contributed by atoms with Crippen molar-refractivity contribution in [2.24, 2.45) is 0 Å². The lowest BCUT2D eigenvalue weighted by molar-refractivity contribution is 0.0987. The van der Waals surface area contributed by atoms with Gasteiger partial charge in [0.25, 0.3) is 0 Å². The van der Waals surface area contributed by atoms with Crippen LogP contribution in [0, 0.1) is 6.92 Å². The van der Waals surface area contributed by atoms with Crippen molar-refractivity contribution in [3.05, 3.63) is 47.0 Å². The number of aryl methyl sites for hydroxylation is 1. The number of hydrogen-bond acceptors (Lipinski definition) is 9. The van der Waals surface area contributed by atoms with Gasteiger partial charge in [-0.25, -0.2) is 9.67 Å². The van der Waals surface area contributed by atoms with Crippen molar-refractivity contribution in [3.63, 3.8) is 0 Å². The van der Waals surface area contributed by atoms with Gasteiger partial charge in [0.2, 0.25) is 0 Å². The second-order valence-electron chi connectivity index (χ2n) is 7.91. The molecular formula is C21H22N8OS. The standard InChI is InChI=1S/C21H22N8OS/c1-13-24-26-21(31-13)17-4-3-14-11-22-15(9-18(14)23-17)10-20(30)19-12-29(27-25-19)16-5-7-28(2)8-6-16/h3-4,9,11-12,16H,5-8,10H2,1-2H3. The lowest BCUT2D eigenvalue weighted by atomic mass is 10.1. The molecule has 4 aromatic rings. The number of ketones is 1. The van der Waals surface area contributed by atoms with E-state index in [9.17, 15) is 4.79 Å². The van der Waals surface area contributed by atoms with Gasteiger partial charge >= 0.3 is 0 Å². The zero-order valence-electron chi connectivity index (χ0n) is 17.4. The zero-order chi connectivity index (χ0) is 21.4. The van der Waals surface area contributed by atoms with Crippen molar-refractivity contribution >= 4 is 28.0 Å². The van der Waals surface area contributed by atoms with Gasteiger partial charge in [-0.05, 0) is 58.1 Å². The predicted octanol–water partition coefficient (Wildman–Crippen LogP) is 2.74. The Bertz CT molecular complexity index is 1240. The number of pyridine rings is 2. The van der Waals surface area contributed by atoms with Gasteiger partial charge in [-0.15, -0.1) is 15.3 Å². The first-order valence-corrected chi connectivity index (χ1v) is 11.1. The van der Waals surface area contributed by atoms with E-state index >= 15 is 0 Å². The van der Waals surface area contributed by atoms with E-state index in [1.165, 1.54) is 11.3 Å². The Balaban J connectivity index is 1.33.